The van der Waals surface area contributed by atoms with Crippen molar-refractivity contribution in [3.8, 4) is 5.75 Å². The summed E-state index contributed by atoms with van der Waals surface area (Å²) >= 11 is 0. The fraction of sp³-hybridized carbons (Fsp3) is 0.409. The van der Waals surface area contributed by atoms with E-state index in [1.807, 2.05) is 25.1 Å². The van der Waals surface area contributed by atoms with Crippen LogP contribution in [-0.4, -0.2) is 32.3 Å². The van der Waals surface area contributed by atoms with Gasteiger partial charge in [-0.15, -0.1) is 0 Å². The average Bonchev–Trinajstić information content (AvgIpc) is 3.12. The summed E-state index contributed by atoms with van der Waals surface area (Å²) in [6.45, 7) is 8.32. The lowest BCUT2D eigenvalue weighted by molar-refractivity contribution is -0.119. The number of hydrazine groups is 1. The molecule has 1 aliphatic heterocycles. The summed E-state index contributed by atoms with van der Waals surface area (Å²) in [4.78, 5) is 13.0. The number of carbonyl (C=O) groups is 1. The molecule has 8 nitrogen and oxygen atoms in total. The van der Waals surface area contributed by atoms with Gasteiger partial charge in [0.25, 0.3) is 10.0 Å². The standard InChI is InChI=1S/C22H30N4O4S/c1-5-30-19-11-9-17(10-12-19)26-31(28,29)22-20(15(4)24-25-22)21(27)23-18-8-6-7-16(13-18)14(2)3/h6-15,20,22,24-26H,5H2,1-4H3,(H,23,27). The van der Waals surface area contributed by atoms with E-state index in [9.17, 15) is 13.2 Å². The molecule has 1 heterocycles. The Morgan fingerprint density at radius 1 is 1.10 bits per heavy atom. The number of anilines is 2. The first-order chi connectivity index (χ1) is 14.7. The van der Waals surface area contributed by atoms with Gasteiger partial charge in [0, 0.05) is 17.4 Å². The first kappa shape index (κ1) is 23.1. The molecule has 1 saturated heterocycles. The van der Waals surface area contributed by atoms with Gasteiger partial charge < -0.3 is 10.1 Å². The lowest BCUT2D eigenvalue weighted by Gasteiger charge is -2.21. The van der Waals surface area contributed by atoms with Gasteiger partial charge in [-0.05, 0) is 61.7 Å². The van der Waals surface area contributed by atoms with E-state index in [0.717, 1.165) is 5.56 Å². The largest absolute Gasteiger partial charge is 0.494 e. The van der Waals surface area contributed by atoms with Crippen LogP contribution in [0, 0.1) is 5.92 Å². The highest BCUT2D eigenvalue weighted by Crippen LogP contribution is 2.25. The number of rotatable bonds is 8. The van der Waals surface area contributed by atoms with Crippen molar-refractivity contribution in [2.45, 2.75) is 45.0 Å². The Morgan fingerprint density at radius 2 is 1.81 bits per heavy atom. The lowest BCUT2D eigenvalue weighted by atomic mass is 10.0. The molecule has 0 aliphatic carbocycles. The van der Waals surface area contributed by atoms with E-state index in [0.29, 0.717) is 29.6 Å². The molecule has 1 aliphatic rings. The molecule has 0 saturated carbocycles. The van der Waals surface area contributed by atoms with Crippen molar-refractivity contribution in [2.75, 3.05) is 16.6 Å². The SMILES string of the molecule is CCOc1ccc(NS(=O)(=O)C2NNC(C)C2C(=O)Nc2cccc(C(C)C)c2)cc1. The molecule has 4 N–H and O–H groups in total. The van der Waals surface area contributed by atoms with Crippen LogP contribution in [0.2, 0.25) is 0 Å². The fourth-order valence-electron chi connectivity index (χ4n) is 3.51. The van der Waals surface area contributed by atoms with Crippen LogP contribution < -0.4 is 25.6 Å². The van der Waals surface area contributed by atoms with Crippen LogP contribution in [-0.2, 0) is 14.8 Å². The van der Waals surface area contributed by atoms with E-state index in [-0.39, 0.29) is 11.9 Å². The van der Waals surface area contributed by atoms with Gasteiger partial charge in [-0.3, -0.25) is 14.9 Å². The minimum Gasteiger partial charge on any atom is -0.494 e. The molecule has 2 aromatic carbocycles. The maximum Gasteiger partial charge on any atom is 0.250 e. The number of sulfonamides is 1. The molecule has 9 heteroatoms. The first-order valence-electron chi connectivity index (χ1n) is 10.4. The van der Waals surface area contributed by atoms with Crippen LogP contribution in [0.3, 0.4) is 0 Å². The molecule has 3 rings (SSSR count). The van der Waals surface area contributed by atoms with E-state index >= 15 is 0 Å². The molecule has 0 aromatic heterocycles. The molecule has 31 heavy (non-hydrogen) atoms. The molecule has 3 atom stereocenters. The number of amides is 1. The predicted molar refractivity (Wildman–Crippen MR) is 122 cm³/mol. The maximum absolute atomic E-state index is 13.0. The van der Waals surface area contributed by atoms with Gasteiger partial charge in [0.05, 0.1) is 12.5 Å². The van der Waals surface area contributed by atoms with Gasteiger partial charge >= 0.3 is 0 Å². The van der Waals surface area contributed by atoms with Crippen LogP contribution in [0.15, 0.2) is 48.5 Å². The minimum absolute atomic E-state index is 0.317. The Hall–Kier alpha value is -2.62. The Bertz CT molecular complexity index is 1010. The van der Waals surface area contributed by atoms with E-state index in [1.54, 1.807) is 37.3 Å². The lowest BCUT2D eigenvalue weighted by Crippen LogP contribution is -2.45. The Kier molecular flexibility index (Phi) is 7.19. The summed E-state index contributed by atoms with van der Waals surface area (Å²) in [6, 6.07) is 13.8. The smallest absolute Gasteiger partial charge is 0.250 e. The third-order valence-electron chi connectivity index (χ3n) is 5.20. The number of hydrogen-bond acceptors (Lipinski definition) is 6. The second-order valence-corrected chi connectivity index (χ2v) is 9.70. The van der Waals surface area contributed by atoms with Crippen molar-refractivity contribution in [2.24, 2.45) is 5.92 Å². The molecule has 0 bridgehead atoms. The Balaban J connectivity index is 1.75. The van der Waals surface area contributed by atoms with Crippen molar-refractivity contribution in [1.29, 1.82) is 0 Å². The van der Waals surface area contributed by atoms with Gasteiger partial charge in [-0.1, -0.05) is 26.0 Å². The number of benzene rings is 2. The zero-order chi connectivity index (χ0) is 22.6. The summed E-state index contributed by atoms with van der Waals surface area (Å²) in [5, 5.41) is 1.73. The highest BCUT2D eigenvalue weighted by molar-refractivity contribution is 7.93. The number of nitrogens with one attached hydrogen (secondary N) is 4. The molecular formula is C22H30N4O4S. The second-order valence-electron chi connectivity index (χ2n) is 7.90. The number of hydrogen-bond donors (Lipinski definition) is 4. The number of carbonyl (C=O) groups excluding carboxylic acids is 1. The topological polar surface area (TPSA) is 109 Å². The van der Waals surface area contributed by atoms with Gasteiger partial charge in [0.1, 0.15) is 5.75 Å². The average molecular weight is 447 g/mol. The predicted octanol–water partition coefficient (Wildman–Crippen LogP) is 3.03. The van der Waals surface area contributed by atoms with E-state index in [4.69, 9.17) is 4.74 Å². The molecule has 168 valence electrons. The van der Waals surface area contributed by atoms with Crippen LogP contribution in [0.25, 0.3) is 0 Å². The van der Waals surface area contributed by atoms with E-state index in [2.05, 4.69) is 34.7 Å². The summed E-state index contributed by atoms with van der Waals surface area (Å²) in [5.74, 6) is -0.228. The molecule has 3 unspecified atom stereocenters. The molecule has 0 radical (unpaired) electrons. The van der Waals surface area contributed by atoms with Crippen molar-refractivity contribution in [1.82, 2.24) is 10.9 Å². The summed E-state index contributed by atoms with van der Waals surface area (Å²) in [6.07, 6.45) is 0. The van der Waals surface area contributed by atoms with Gasteiger partial charge in [-0.25, -0.2) is 13.8 Å². The minimum atomic E-state index is -3.90. The quantitative estimate of drug-likeness (QED) is 0.496. The molecule has 0 spiro atoms. The van der Waals surface area contributed by atoms with Crippen molar-refractivity contribution >= 4 is 27.3 Å². The van der Waals surface area contributed by atoms with E-state index in [1.165, 1.54) is 0 Å². The summed E-state index contributed by atoms with van der Waals surface area (Å²) in [7, 11) is -3.90. The third-order valence-corrected chi connectivity index (χ3v) is 6.80. The van der Waals surface area contributed by atoms with Crippen molar-refractivity contribution < 1.29 is 17.9 Å². The van der Waals surface area contributed by atoms with Crippen LogP contribution >= 0.6 is 0 Å². The Labute approximate surface area is 183 Å². The third kappa shape index (κ3) is 5.55. The van der Waals surface area contributed by atoms with Crippen LogP contribution in [0.5, 0.6) is 5.75 Å². The second kappa shape index (κ2) is 9.67. The van der Waals surface area contributed by atoms with Crippen LogP contribution in [0.4, 0.5) is 11.4 Å². The van der Waals surface area contributed by atoms with Crippen LogP contribution in [0.1, 0.15) is 39.2 Å². The number of ether oxygens (including phenoxy) is 1. The molecule has 1 fully saturated rings. The highest BCUT2D eigenvalue weighted by atomic mass is 32.2. The molecular weight excluding hydrogens is 416 g/mol. The van der Waals surface area contributed by atoms with Crippen molar-refractivity contribution in [3.63, 3.8) is 0 Å². The van der Waals surface area contributed by atoms with Crippen molar-refractivity contribution in [3.05, 3.63) is 54.1 Å². The highest BCUT2D eigenvalue weighted by Gasteiger charge is 2.46. The van der Waals surface area contributed by atoms with Gasteiger partial charge in [0.15, 0.2) is 5.37 Å². The zero-order valence-corrected chi connectivity index (χ0v) is 19.0. The Morgan fingerprint density at radius 3 is 2.45 bits per heavy atom. The fourth-order valence-corrected chi connectivity index (χ4v) is 5.07. The van der Waals surface area contributed by atoms with Gasteiger partial charge in [0.2, 0.25) is 5.91 Å². The molecule has 1 amide bonds. The summed E-state index contributed by atoms with van der Waals surface area (Å²) < 4.78 is 34.0. The first-order valence-corrected chi connectivity index (χ1v) is 11.9. The normalized spacial score (nSPS) is 21.1. The maximum atomic E-state index is 13.0. The molecule has 2 aromatic rings. The zero-order valence-electron chi connectivity index (χ0n) is 18.2. The van der Waals surface area contributed by atoms with E-state index < -0.39 is 21.3 Å². The summed E-state index contributed by atoms with van der Waals surface area (Å²) in [5.41, 5.74) is 7.78. The monoisotopic (exact) mass is 446 g/mol. The van der Waals surface area contributed by atoms with Gasteiger partial charge in [-0.2, -0.15) is 0 Å².